The zero-order valence-electron chi connectivity index (χ0n) is 8.10. The Hall–Kier alpha value is -0.500. The van der Waals surface area contributed by atoms with Crippen molar-refractivity contribution in [3.63, 3.8) is 0 Å². The van der Waals surface area contributed by atoms with Gasteiger partial charge in [0, 0.05) is 18.8 Å². The summed E-state index contributed by atoms with van der Waals surface area (Å²) in [5.41, 5.74) is 6.23. The summed E-state index contributed by atoms with van der Waals surface area (Å²) < 4.78 is 0. The second-order valence-corrected chi connectivity index (χ2v) is 3.65. The van der Waals surface area contributed by atoms with Crippen molar-refractivity contribution in [2.24, 2.45) is 5.92 Å². The van der Waals surface area contributed by atoms with E-state index in [2.05, 4.69) is 45.2 Å². The highest BCUT2D eigenvalue weighted by atomic mass is 15.5. The summed E-state index contributed by atoms with van der Waals surface area (Å²) in [5.74, 6) is 0.613. The molecule has 0 amide bonds. The summed E-state index contributed by atoms with van der Waals surface area (Å²) in [4.78, 5) is 0. The molecule has 0 aromatic heterocycles. The molecular formula is C9H18N2. The molecule has 0 aromatic carbocycles. The lowest BCUT2D eigenvalue weighted by molar-refractivity contribution is 0.249. The average Bonchev–Trinajstić information content (AvgIpc) is 2.17. The first-order valence-corrected chi connectivity index (χ1v) is 4.24. The van der Waals surface area contributed by atoms with Gasteiger partial charge in [0.05, 0.1) is 0 Å². The minimum atomic E-state index is 0.549. The van der Waals surface area contributed by atoms with Gasteiger partial charge in [0.2, 0.25) is 0 Å². The molecule has 0 bridgehead atoms. The fraction of sp³-hybridized carbons (Fsp3) is 0.778. The zero-order valence-corrected chi connectivity index (χ0v) is 8.10. The highest BCUT2D eigenvalue weighted by Crippen LogP contribution is 2.23. The van der Waals surface area contributed by atoms with Crippen LogP contribution in [-0.2, 0) is 0 Å². The van der Waals surface area contributed by atoms with Crippen LogP contribution in [0.25, 0.3) is 0 Å². The van der Waals surface area contributed by atoms with Gasteiger partial charge in [-0.25, -0.2) is 5.01 Å². The minimum Gasteiger partial charge on any atom is -0.322 e. The summed E-state index contributed by atoms with van der Waals surface area (Å²) in [7, 11) is 2.09. The average molecular weight is 154 g/mol. The van der Waals surface area contributed by atoms with E-state index in [1.165, 1.54) is 11.3 Å². The van der Waals surface area contributed by atoms with Gasteiger partial charge in [0.15, 0.2) is 0 Å². The quantitative estimate of drug-likeness (QED) is 0.619. The van der Waals surface area contributed by atoms with Crippen molar-refractivity contribution in [2.75, 3.05) is 7.05 Å². The second kappa shape index (κ2) is 2.86. The number of nitrogens with zero attached hydrogens (tertiary/aromatic N) is 1. The summed E-state index contributed by atoms with van der Waals surface area (Å²) in [6.45, 7) is 8.86. The third-order valence-corrected chi connectivity index (χ3v) is 2.51. The Kier molecular flexibility index (Phi) is 2.23. The maximum absolute atomic E-state index is 3.37. The van der Waals surface area contributed by atoms with Crippen molar-refractivity contribution in [2.45, 2.75) is 33.7 Å². The molecule has 2 heteroatoms. The van der Waals surface area contributed by atoms with Gasteiger partial charge in [-0.05, 0) is 25.3 Å². The van der Waals surface area contributed by atoms with Crippen LogP contribution < -0.4 is 5.43 Å². The first kappa shape index (κ1) is 8.60. The van der Waals surface area contributed by atoms with Crippen molar-refractivity contribution < 1.29 is 0 Å². The monoisotopic (exact) mass is 154 g/mol. The molecule has 1 N–H and O–H groups in total. The van der Waals surface area contributed by atoms with Gasteiger partial charge in [0.1, 0.15) is 0 Å². The molecule has 64 valence electrons. The second-order valence-electron chi connectivity index (χ2n) is 3.65. The summed E-state index contributed by atoms with van der Waals surface area (Å²) in [6.07, 6.45) is 0. The molecule has 0 aromatic rings. The van der Waals surface area contributed by atoms with Gasteiger partial charge in [0.25, 0.3) is 0 Å². The Morgan fingerprint density at radius 2 is 2.00 bits per heavy atom. The van der Waals surface area contributed by atoms with Gasteiger partial charge < -0.3 is 5.43 Å². The third kappa shape index (κ3) is 1.41. The Balaban J connectivity index is 2.80. The molecule has 0 saturated carbocycles. The fourth-order valence-electron chi connectivity index (χ4n) is 1.47. The lowest BCUT2D eigenvalue weighted by Gasteiger charge is -2.17. The molecule has 0 saturated heterocycles. The van der Waals surface area contributed by atoms with E-state index in [9.17, 15) is 0 Å². The first-order valence-electron chi connectivity index (χ1n) is 4.24. The Bertz CT molecular complexity index is 182. The molecule has 0 fully saturated rings. The van der Waals surface area contributed by atoms with Crippen LogP contribution in [0.5, 0.6) is 0 Å². The number of rotatable bonds is 1. The largest absolute Gasteiger partial charge is 0.322 e. The fourth-order valence-corrected chi connectivity index (χ4v) is 1.47. The van der Waals surface area contributed by atoms with Crippen molar-refractivity contribution >= 4 is 0 Å². The SMILES string of the molecule is CC1=C(C(C)C)NN(C)C1C. The zero-order chi connectivity index (χ0) is 8.59. The highest BCUT2D eigenvalue weighted by Gasteiger charge is 2.23. The summed E-state index contributed by atoms with van der Waals surface area (Å²) in [5, 5.41) is 2.16. The van der Waals surface area contributed by atoms with E-state index in [0.29, 0.717) is 12.0 Å². The first-order chi connectivity index (χ1) is 5.04. The van der Waals surface area contributed by atoms with Crippen molar-refractivity contribution in [1.82, 2.24) is 10.4 Å². The Labute approximate surface area is 69.2 Å². The van der Waals surface area contributed by atoms with Gasteiger partial charge >= 0.3 is 0 Å². The van der Waals surface area contributed by atoms with Gasteiger partial charge in [-0.1, -0.05) is 13.8 Å². The van der Waals surface area contributed by atoms with E-state index in [1.54, 1.807) is 0 Å². The van der Waals surface area contributed by atoms with Crippen LogP contribution in [-0.4, -0.2) is 18.1 Å². The number of nitrogens with one attached hydrogen (secondary N) is 1. The number of hydrazine groups is 1. The molecule has 1 unspecified atom stereocenters. The van der Waals surface area contributed by atoms with E-state index in [-0.39, 0.29) is 0 Å². The van der Waals surface area contributed by atoms with Crippen LogP contribution in [0, 0.1) is 5.92 Å². The summed E-state index contributed by atoms with van der Waals surface area (Å²) >= 11 is 0. The molecule has 1 aliphatic heterocycles. The normalized spacial score (nSPS) is 26.5. The van der Waals surface area contributed by atoms with Gasteiger partial charge in [-0.3, -0.25) is 0 Å². The molecule has 1 aliphatic rings. The Morgan fingerprint density at radius 1 is 1.45 bits per heavy atom. The van der Waals surface area contributed by atoms with E-state index in [1.807, 2.05) is 0 Å². The topological polar surface area (TPSA) is 15.3 Å². The van der Waals surface area contributed by atoms with Crippen LogP contribution in [0.4, 0.5) is 0 Å². The lowest BCUT2D eigenvalue weighted by atomic mass is 10.0. The number of hydrogen-bond acceptors (Lipinski definition) is 2. The standard InChI is InChI=1S/C9H18N2/c1-6(2)9-7(3)8(4)11(5)10-9/h6,8,10H,1-5H3. The highest BCUT2D eigenvalue weighted by molar-refractivity contribution is 5.21. The molecule has 2 nitrogen and oxygen atoms in total. The third-order valence-electron chi connectivity index (χ3n) is 2.51. The molecule has 0 aliphatic carbocycles. The maximum Gasteiger partial charge on any atom is 0.0486 e. The molecule has 1 atom stereocenters. The lowest BCUT2D eigenvalue weighted by Crippen LogP contribution is -2.33. The van der Waals surface area contributed by atoms with Crippen LogP contribution >= 0.6 is 0 Å². The van der Waals surface area contributed by atoms with Crippen molar-refractivity contribution in [3.05, 3.63) is 11.3 Å². The van der Waals surface area contributed by atoms with Crippen LogP contribution in [0.1, 0.15) is 27.7 Å². The van der Waals surface area contributed by atoms with E-state index in [0.717, 1.165) is 0 Å². The van der Waals surface area contributed by atoms with Crippen LogP contribution in [0.15, 0.2) is 11.3 Å². The number of likely N-dealkylation sites (N-methyl/N-ethyl adjacent to an activating group) is 1. The Morgan fingerprint density at radius 3 is 2.18 bits per heavy atom. The van der Waals surface area contributed by atoms with Crippen molar-refractivity contribution in [3.8, 4) is 0 Å². The molecule has 0 radical (unpaired) electrons. The van der Waals surface area contributed by atoms with E-state index < -0.39 is 0 Å². The number of allylic oxidation sites excluding steroid dienone is 1. The van der Waals surface area contributed by atoms with Crippen LogP contribution in [0.2, 0.25) is 0 Å². The predicted octanol–water partition coefficient (Wildman–Crippen LogP) is 1.75. The summed E-state index contributed by atoms with van der Waals surface area (Å²) in [6, 6.07) is 0.549. The van der Waals surface area contributed by atoms with Crippen LogP contribution in [0.3, 0.4) is 0 Å². The molecule has 1 rings (SSSR count). The van der Waals surface area contributed by atoms with Gasteiger partial charge in [-0.2, -0.15) is 0 Å². The molecule has 1 heterocycles. The number of hydrogen-bond donors (Lipinski definition) is 1. The minimum absolute atomic E-state index is 0.549. The van der Waals surface area contributed by atoms with Gasteiger partial charge in [-0.15, -0.1) is 0 Å². The molecule has 0 spiro atoms. The maximum atomic E-state index is 3.37. The van der Waals surface area contributed by atoms with E-state index >= 15 is 0 Å². The van der Waals surface area contributed by atoms with Crippen molar-refractivity contribution in [1.29, 1.82) is 0 Å². The predicted molar refractivity (Wildman–Crippen MR) is 47.9 cm³/mol. The van der Waals surface area contributed by atoms with E-state index in [4.69, 9.17) is 0 Å². The molecule has 11 heavy (non-hydrogen) atoms. The molecular weight excluding hydrogens is 136 g/mol. The smallest absolute Gasteiger partial charge is 0.0486 e.